The van der Waals surface area contributed by atoms with Crippen LogP contribution in [0.4, 0.5) is 0 Å². The molecule has 1 fully saturated rings. The fourth-order valence-corrected chi connectivity index (χ4v) is 7.23. The van der Waals surface area contributed by atoms with Crippen LogP contribution in [0.3, 0.4) is 0 Å². The van der Waals surface area contributed by atoms with Crippen LogP contribution in [0.25, 0.3) is 10.9 Å². The third-order valence-corrected chi connectivity index (χ3v) is 9.04. The van der Waals surface area contributed by atoms with E-state index < -0.39 is 0 Å². The molecule has 0 spiro atoms. The number of nitrogens with zero attached hydrogens (tertiary/aromatic N) is 1. The zero-order valence-corrected chi connectivity index (χ0v) is 18.9. The zero-order chi connectivity index (χ0) is 16.1. The first-order valence-corrected chi connectivity index (χ1v) is 15.3. The molecular weight excluding hydrogens is 542 g/mol. The highest BCUT2D eigenvalue weighted by Gasteiger charge is 2.52. The molecule has 0 radical (unpaired) electrons. The lowest BCUT2D eigenvalue weighted by Gasteiger charge is -2.32. The van der Waals surface area contributed by atoms with E-state index in [9.17, 15) is 0 Å². The summed E-state index contributed by atoms with van der Waals surface area (Å²) in [5.74, 6) is 0. The number of benzene rings is 1. The minimum atomic E-state index is -0.314. The third-order valence-electron chi connectivity index (χ3n) is 4.37. The molecule has 0 unspecified atom stereocenters. The maximum Gasteiger partial charge on any atom is 0.497 e. The van der Waals surface area contributed by atoms with Crippen molar-refractivity contribution in [2.24, 2.45) is 0 Å². The predicted octanol–water partition coefficient (Wildman–Crippen LogP) is 5.53. The van der Waals surface area contributed by atoms with E-state index >= 15 is 0 Å². The van der Waals surface area contributed by atoms with Crippen LogP contribution in [0.5, 0.6) is 0 Å². The van der Waals surface area contributed by atoms with Crippen molar-refractivity contribution in [2.75, 3.05) is 0 Å². The van der Waals surface area contributed by atoms with Gasteiger partial charge in [0.15, 0.2) is 0 Å². The Bertz CT molecular complexity index is 691. The Kier molecular flexibility index (Phi) is 5.15. The molecule has 22 heavy (non-hydrogen) atoms. The largest absolute Gasteiger partial charge is 0.497 e. The van der Waals surface area contributed by atoms with E-state index in [0.717, 1.165) is 5.46 Å². The highest BCUT2D eigenvalue weighted by Crippen LogP contribution is 2.65. The van der Waals surface area contributed by atoms with Gasteiger partial charge in [0, 0.05) is 28.6 Å². The van der Waals surface area contributed by atoms with Gasteiger partial charge < -0.3 is 9.31 Å². The smallest absolute Gasteiger partial charge is 0.399 e. The normalized spacial score (nSPS) is 20.2. The van der Waals surface area contributed by atoms with Crippen molar-refractivity contribution in [3.63, 3.8) is 0 Å². The van der Waals surface area contributed by atoms with Gasteiger partial charge in [0.25, 0.3) is 0 Å². The van der Waals surface area contributed by atoms with Gasteiger partial charge in [-0.05, 0) is 77.8 Å². The molecule has 118 valence electrons. The summed E-state index contributed by atoms with van der Waals surface area (Å²) in [6.45, 7) is 8.37. The van der Waals surface area contributed by atoms with Gasteiger partial charge in [-0.3, -0.25) is 3.97 Å². The molecule has 1 aliphatic heterocycles. The number of hydrogen-bond acceptors (Lipinski definition) is 3. The maximum atomic E-state index is 6.23. The van der Waals surface area contributed by atoms with E-state index in [4.69, 9.17) is 9.31 Å². The van der Waals surface area contributed by atoms with E-state index in [1.54, 1.807) is 0 Å². The lowest BCUT2D eigenvalue weighted by Crippen LogP contribution is -2.41. The standard InChI is InChI=1S/C14H17BI2NO2PS/c1-13(2)14(3,4)20-15(19-13)11-9-18(22-21(16)17)12-8-6-5-7-10(11)12/h5-9H,1-4H3. The molecule has 1 saturated heterocycles. The summed E-state index contributed by atoms with van der Waals surface area (Å²) in [5, 5.41) is 1.21. The Hall–Kier alpha value is 0.985. The molecule has 0 N–H and O–H groups in total. The molecule has 0 saturated carbocycles. The van der Waals surface area contributed by atoms with E-state index in [1.165, 1.54) is 10.9 Å². The Labute approximate surface area is 163 Å². The Morgan fingerprint density at radius 3 is 2.27 bits per heavy atom. The number of halogens is 2. The van der Waals surface area contributed by atoms with Crippen molar-refractivity contribution in [1.82, 2.24) is 3.97 Å². The molecular formula is C14H17BI2NO2PS. The van der Waals surface area contributed by atoms with Gasteiger partial charge >= 0.3 is 7.12 Å². The SMILES string of the molecule is CC1(C)OB(c2cn(SP(I)I)c3ccccc23)OC1(C)C. The summed E-state index contributed by atoms with van der Waals surface area (Å²) in [5.41, 5.74) is 1.71. The summed E-state index contributed by atoms with van der Waals surface area (Å²) in [6, 6.07) is 8.46. The molecule has 1 aromatic carbocycles. The minimum absolute atomic E-state index is 0.149. The van der Waals surface area contributed by atoms with Crippen molar-refractivity contribution in [3.8, 4) is 0 Å². The van der Waals surface area contributed by atoms with Crippen molar-refractivity contribution in [1.29, 1.82) is 0 Å². The maximum absolute atomic E-state index is 6.23. The third kappa shape index (κ3) is 3.22. The summed E-state index contributed by atoms with van der Waals surface area (Å²) in [7, 11) is -0.314. The van der Waals surface area contributed by atoms with E-state index in [1.807, 2.05) is 11.6 Å². The lowest BCUT2D eigenvalue weighted by atomic mass is 9.79. The van der Waals surface area contributed by atoms with Crippen molar-refractivity contribution in [2.45, 2.75) is 38.9 Å². The van der Waals surface area contributed by atoms with Crippen molar-refractivity contribution >= 4 is 81.5 Å². The van der Waals surface area contributed by atoms with Crippen molar-refractivity contribution < 1.29 is 9.31 Å². The van der Waals surface area contributed by atoms with Gasteiger partial charge in [-0.2, -0.15) is 0 Å². The van der Waals surface area contributed by atoms with Crippen LogP contribution in [0.15, 0.2) is 30.5 Å². The topological polar surface area (TPSA) is 23.4 Å². The van der Waals surface area contributed by atoms with Gasteiger partial charge in [0.05, 0.1) is 16.7 Å². The van der Waals surface area contributed by atoms with E-state index in [-0.39, 0.29) is 20.7 Å². The van der Waals surface area contributed by atoms with Crippen LogP contribution in [-0.4, -0.2) is 22.3 Å². The quantitative estimate of drug-likeness (QED) is 0.281. The van der Waals surface area contributed by atoms with Gasteiger partial charge in [-0.25, -0.2) is 0 Å². The molecule has 1 aliphatic rings. The fraction of sp³-hybridized carbons (Fsp3) is 0.429. The van der Waals surface area contributed by atoms with Crippen LogP contribution in [0, 0.1) is 0 Å². The van der Waals surface area contributed by atoms with Crippen LogP contribution in [-0.2, 0) is 9.31 Å². The highest BCUT2D eigenvalue weighted by atomic mass is 127. The van der Waals surface area contributed by atoms with Crippen LogP contribution < -0.4 is 5.46 Å². The highest BCUT2D eigenvalue weighted by molar-refractivity contribution is 14.3. The predicted molar refractivity (Wildman–Crippen MR) is 116 cm³/mol. The average molecular weight is 559 g/mol. The first kappa shape index (κ1) is 17.8. The van der Waals surface area contributed by atoms with Gasteiger partial charge in [-0.1, -0.05) is 18.2 Å². The Morgan fingerprint density at radius 1 is 1.09 bits per heavy atom. The minimum Gasteiger partial charge on any atom is -0.399 e. The second-order valence-electron chi connectivity index (χ2n) is 6.30. The second-order valence-corrected chi connectivity index (χ2v) is 24.1. The molecule has 3 nitrogen and oxygen atoms in total. The number of rotatable bonds is 3. The number of aromatic nitrogens is 1. The molecule has 8 heteroatoms. The average Bonchev–Trinajstić information content (AvgIpc) is 2.85. The van der Waals surface area contributed by atoms with Crippen LogP contribution in [0.1, 0.15) is 27.7 Å². The summed E-state index contributed by atoms with van der Waals surface area (Å²) in [4.78, 5) is 0. The monoisotopic (exact) mass is 559 g/mol. The molecule has 0 amide bonds. The molecule has 2 aromatic rings. The van der Waals surface area contributed by atoms with Crippen LogP contribution in [0.2, 0.25) is 0 Å². The molecule has 0 atom stereocenters. The lowest BCUT2D eigenvalue weighted by molar-refractivity contribution is 0.00578. The van der Waals surface area contributed by atoms with Gasteiger partial charge in [0.1, 0.15) is 2.41 Å². The Balaban J connectivity index is 2.05. The van der Waals surface area contributed by atoms with Crippen molar-refractivity contribution in [3.05, 3.63) is 30.5 Å². The number of fused-ring (bicyclic) bond motifs is 1. The van der Waals surface area contributed by atoms with Gasteiger partial charge in [0.2, 0.25) is 0 Å². The molecule has 3 rings (SSSR count). The first-order valence-electron chi connectivity index (χ1n) is 6.97. The molecule has 2 heterocycles. The fourth-order valence-electron chi connectivity index (χ4n) is 2.47. The zero-order valence-electron chi connectivity index (χ0n) is 12.8. The van der Waals surface area contributed by atoms with E-state index in [2.05, 4.69) is 106 Å². The van der Waals surface area contributed by atoms with Crippen LogP contribution >= 0.6 is 58.1 Å². The van der Waals surface area contributed by atoms with Gasteiger partial charge in [-0.15, -0.1) is 0 Å². The first-order chi connectivity index (χ1) is 10.2. The van der Waals surface area contributed by atoms with E-state index in [0.29, 0.717) is 0 Å². The summed E-state index contributed by atoms with van der Waals surface area (Å²) in [6.07, 6.45) is 2.17. The second kappa shape index (κ2) is 6.37. The summed E-state index contributed by atoms with van der Waals surface area (Å²) >= 11 is 6.81. The number of para-hydroxylation sites is 1. The molecule has 1 aromatic heterocycles. The Morgan fingerprint density at radius 2 is 1.68 bits per heavy atom. The number of hydrogen-bond donors (Lipinski definition) is 0. The molecule has 0 bridgehead atoms. The molecule has 0 aliphatic carbocycles. The summed E-state index contributed by atoms with van der Waals surface area (Å²) < 4.78 is 14.6.